The number of halogens is 1. The molecule has 162 valence electrons. The van der Waals surface area contributed by atoms with E-state index in [2.05, 4.69) is 30.9 Å². The van der Waals surface area contributed by atoms with Gasteiger partial charge in [-0.15, -0.1) is 0 Å². The highest BCUT2D eigenvalue weighted by atomic mass is 35.5. The van der Waals surface area contributed by atoms with Crippen molar-refractivity contribution in [3.8, 4) is 0 Å². The normalized spacial score (nSPS) is 38.2. The number of ether oxygens (including phenoxy) is 2. The summed E-state index contributed by atoms with van der Waals surface area (Å²) < 4.78 is 15.1. The molecule has 6 rings (SSSR count). The van der Waals surface area contributed by atoms with Gasteiger partial charge in [-0.3, -0.25) is 4.90 Å². The van der Waals surface area contributed by atoms with E-state index in [1.807, 2.05) is 19.9 Å². The number of likely N-dealkylation sites (tertiary alicyclic amines) is 1. The zero-order valence-electron chi connectivity index (χ0n) is 17.7. The maximum absolute atomic E-state index is 6.46. The number of aromatic nitrogens is 3. The van der Waals surface area contributed by atoms with Crippen LogP contribution in [0.4, 0.5) is 0 Å². The summed E-state index contributed by atoms with van der Waals surface area (Å²) in [6, 6.07) is 2.20. The summed E-state index contributed by atoms with van der Waals surface area (Å²) in [6.45, 7) is 8.61. The summed E-state index contributed by atoms with van der Waals surface area (Å²) in [5, 5.41) is 5.02. The Bertz CT molecular complexity index is 956. The van der Waals surface area contributed by atoms with Crippen molar-refractivity contribution < 1.29 is 9.47 Å². The maximum Gasteiger partial charge on any atom is 0.163 e. The van der Waals surface area contributed by atoms with E-state index in [1.54, 1.807) is 6.33 Å². The molecule has 0 aromatic carbocycles. The highest BCUT2D eigenvalue weighted by molar-refractivity contribution is 6.33. The van der Waals surface area contributed by atoms with Gasteiger partial charge in [0.25, 0.3) is 0 Å². The summed E-state index contributed by atoms with van der Waals surface area (Å²) in [6.07, 6.45) is 8.68. The Morgan fingerprint density at radius 3 is 2.87 bits per heavy atom. The standard InChI is InChI=1S/C22H30ClN5O2/c1-21(2)29-17-14(11-27-9-6-22(27)5-3-7-24-12-22)10-16(18(17)30-21)28-8-4-15-19(23)25-13-26-20(15)28/h4,8,13-14,16-18,24H,3,5-7,9-12H2,1-2H3/t14-,16-,17-,18+,22?/m1/s1. The van der Waals surface area contributed by atoms with Crippen molar-refractivity contribution in [2.24, 2.45) is 5.92 Å². The first kappa shape index (κ1) is 19.4. The molecule has 3 saturated heterocycles. The molecule has 1 saturated carbocycles. The van der Waals surface area contributed by atoms with Crippen LogP contribution in [0.2, 0.25) is 5.15 Å². The van der Waals surface area contributed by atoms with E-state index in [0.29, 0.717) is 16.6 Å². The van der Waals surface area contributed by atoms with Crippen molar-refractivity contribution in [3.05, 3.63) is 23.7 Å². The molecular formula is C22H30ClN5O2. The first-order valence-electron chi connectivity index (χ1n) is 11.2. The Kier molecular flexibility index (Phi) is 4.45. The topological polar surface area (TPSA) is 64.4 Å². The molecule has 0 radical (unpaired) electrons. The Morgan fingerprint density at radius 1 is 1.23 bits per heavy atom. The van der Waals surface area contributed by atoms with Crippen LogP contribution in [-0.4, -0.2) is 69.1 Å². The molecule has 2 aromatic rings. The van der Waals surface area contributed by atoms with E-state index in [4.69, 9.17) is 21.1 Å². The quantitative estimate of drug-likeness (QED) is 0.754. The van der Waals surface area contributed by atoms with E-state index < -0.39 is 5.79 Å². The van der Waals surface area contributed by atoms with Crippen molar-refractivity contribution in [2.45, 2.75) is 69.1 Å². The lowest BCUT2D eigenvalue weighted by atomic mass is 9.77. The molecule has 1 aliphatic carbocycles. The van der Waals surface area contributed by atoms with Crippen LogP contribution in [0, 0.1) is 5.92 Å². The van der Waals surface area contributed by atoms with Crippen LogP contribution >= 0.6 is 11.6 Å². The van der Waals surface area contributed by atoms with Gasteiger partial charge in [-0.25, -0.2) is 9.97 Å². The zero-order valence-corrected chi connectivity index (χ0v) is 18.4. The van der Waals surface area contributed by atoms with Crippen molar-refractivity contribution in [1.29, 1.82) is 0 Å². The van der Waals surface area contributed by atoms with Gasteiger partial charge < -0.3 is 19.4 Å². The van der Waals surface area contributed by atoms with E-state index in [0.717, 1.165) is 37.1 Å². The molecule has 0 bridgehead atoms. The molecule has 1 unspecified atom stereocenters. The third-order valence-corrected chi connectivity index (χ3v) is 8.09. The van der Waals surface area contributed by atoms with E-state index in [1.165, 1.54) is 25.8 Å². The molecule has 8 heteroatoms. The third kappa shape index (κ3) is 2.93. The lowest BCUT2D eigenvalue weighted by Crippen LogP contribution is -2.67. The first-order valence-corrected chi connectivity index (χ1v) is 11.6. The lowest BCUT2D eigenvalue weighted by Gasteiger charge is -2.56. The number of hydrogen-bond acceptors (Lipinski definition) is 6. The fraction of sp³-hybridized carbons (Fsp3) is 0.727. The molecule has 1 spiro atoms. The molecule has 7 nitrogen and oxygen atoms in total. The molecule has 0 amide bonds. The molecular weight excluding hydrogens is 402 g/mol. The van der Waals surface area contributed by atoms with Crippen molar-refractivity contribution in [3.63, 3.8) is 0 Å². The summed E-state index contributed by atoms with van der Waals surface area (Å²) in [7, 11) is 0. The number of fused-ring (bicyclic) bond motifs is 2. The van der Waals surface area contributed by atoms with E-state index in [-0.39, 0.29) is 18.2 Å². The van der Waals surface area contributed by atoms with Gasteiger partial charge in [-0.2, -0.15) is 0 Å². The third-order valence-electron chi connectivity index (χ3n) is 7.79. The minimum Gasteiger partial charge on any atom is -0.344 e. The number of nitrogens with one attached hydrogen (secondary N) is 1. The highest BCUT2D eigenvalue weighted by Gasteiger charge is 2.56. The number of nitrogens with zero attached hydrogens (tertiary/aromatic N) is 4. The lowest BCUT2D eigenvalue weighted by molar-refractivity contribution is -0.163. The Morgan fingerprint density at radius 2 is 2.10 bits per heavy atom. The van der Waals surface area contributed by atoms with Gasteiger partial charge in [-0.05, 0) is 52.1 Å². The number of piperidine rings is 1. The second-order valence-corrected chi connectivity index (χ2v) is 10.3. The van der Waals surface area contributed by atoms with Crippen molar-refractivity contribution >= 4 is 22.6 Å². The minimum absolute atomic E-state index is 0.0241. The van der Waals surface area contributed by atoms with Crippen LogP contribution in [-0.2, 0) is 9.47 Å². The Labute approximate surface area is 182 Å². The van der Waals surface area contributed by atoms with Crippen LogP contribution in [0.25, 0.3) is 11.0 Å². The van der Waals surface area contributed by atoms with Gasteiger partial charge in [0.2, 0.25) is 0 Å². The van der Waals surface area contributed by atoms with Gasteiger partial charge in [0.1, 0.15) is 23.2 Å². The fourth-order valence-corrected chi connectivity index (χ4v) is 6.50. The second kappa shape index (κ2) is 6.87. The van der Waals surface area contributed by atoms with Gasteiger partial charge in [0, 0.05) is 37.3 Å². The molecule has 3 aliphatic heterocycles. The van der Waals surface area contributed by atoms with E-state index in [9.17, 15) is 0 Å². The van der Waals surface area contributed by atoms with Gasteiger partial charge in [0.15, 0.2) is 5.79 Å². The molecule has 2 aromatic heterocycles. The van der Waals surface area contributed by atoms with Crippen LogP contribution in [0.3, 0.4) is 0 Å². The molecule has 4 fully saturated rings. The predicted molar refractivity (Wildman–Crippen MR) is 115 cm³/mol. The van der Waals surface area contributed by atoms with Gasteiger partial charge >= 0.3 is 0 Å². The maximum atomic E-state index is 6.46. The molecule has 5 heterocycles. The summed E-state index contributed by atoms with van der Waals surface area (Å²) in [4.78, 5) is 11.4. The monoisotopic (exact) mass is 431 g/mol. The summed E-state index contributed by atoms with van der Waals surface area (Å²) >= 11 is 6.31. The molecule has 4 aliphatic rings. The predicted octanol–water partition coefficient (Wildman–Crippen LogP) is 2.99. The highest BCUT2D eigenvalue weighted by Crippen LogP contribution is 2.49. The summed E-state index contributed by atoms with van der Waals surface area (Å²) in [5.74, 6) is -0.114. The van der Waals surface area contributed by atoms with Crippen LogP contribution in [0.1, 0.15) is 45.6 Å². The van der Waals surface area contributed by atoms with E-state index >= 15 is 0 Å². The van der Waals surface area contributed by atoms with Gasteiger partial charge in [0.05, 0.1) is 17.5 Å². The molecule has 30 heavy (non-hydrogen) atoms. The van der Waals surface area contributed by atoms with Crippen molar-refractivity contribution in [2.75, 3.05) is 26.2 Å². The largest absolute Gasteiger partial charge is 0.344 e. The number of hydrogen-bond donors (Lipinski definition) is 1. The van der Waals surface area contributed by atoms with Gasteiger partial charge in [-0.1, -0.05) is 11.6 Å². The van der Waals surface area contributed by atoms with Crippen LogP contribution in [0.15, 0.2) is 18.6 Å². The molecule has 1 N–H and O–H groups in total. The molecule has 5 atom stereocenters. The Balaban J connectivity index is 1.29. The fourth-order valence-electron chi connectivity index (χ4n) is 6.31. The SMILES string of the molecule is CC1(C)O[C@@H]2[C@@H](CN3CCC34CCCNC4)C[C@@H](n3ccc4c(Cl)ncnc43)[C@@H]2O1. The smallest absolute Gasteiger partial charge is 0.163 e. The van der Waals surface area contributed by atoms with Crippen LogP contribution < -0.4 is 5.32 Å². The van der Waals surface area contributed by atoms with Crippen LogP contribution in [0.5, 0.6) is 0 Å². The average Bonchev–Trinajstić information content (AvgIpc) is 3.38. The average molecular weight is 432 g/mol. The second-order valence-electron chi connectivity index (χ2n) is 9.95. The summed E-state index contributed by atoms with van der Waals surface area (Å²) in [5.41, 5.74) is 1.24. The Hall–Kier alpha value is -1.25. The minimum atomic E-state index is -0.555. The first-order chi connectivity index (χ1) is 14.5. The van der Waals surface area contributed by atoms with Crippen molar-refractivity contribution in [1.82, 2.24) is 24.8 Å². The zero-order chi connectivity index (χ0) is 20.5. The number of rotatable bonds is 3.